The van der Waals surface area contributed by atoms with Crippen molar-refractivity contribution >= 4 is 11.9 Å². The predicted octanol–water partition coefficient (Wildman–Crippen LogP) is 2.49. The first kappa shape index (κ1) is 16.6. The van der Waals surface area contributed by atoms with Crippen molar-refractivity contribution in [1.29, 1.82) is 0 Å². The molecule has 23 heavy (non-hydrogen) atoms. The summed E-state index contributed by atoms with van der Waals surface area (Å²) < 4.78 is 29.9. The Balaban J connectivity index is 2.22. The van der Waals surface area contributed by atoms with Crippen molar-refractivity contribution in [3.05, 3.63) is 41.9 Å². The highest BCUT2D eigenvalue weighted by molar-refractivity contribution is 5.99. The maximum atomic E-state index is 12.4. The van der Waals surface area contributed by atoms with Gasteiger partial charge >= 0.3 is 5.97 Å². The molecule has 8 heteroatoms. The van der Waals surface area contributed by atoms with Gasteiger partial charge in [-0.1, -0.05) is 29.8 Å². The second-order valence-electron chi connectivity index (χ2n) is 4.89. The van der Waals surface area contributed by atoms with E-state index in [0.717, 1.165) is 12.0 Å². The number of nitrogens with one attached hydrogen (secondary N) is 1. The monoisotopic (exact) mass is 324 g/mol. The lowest BCUT2D eigenvalue weighted by Gasteiger charge is -2.13. The summed E-state index contributed by atoms with van der Waals surface area (Å²) in [5.74, 6) is -2.29. The normalized spacial score (nSPS) is 12.2. The molecular weight excluding hydrogens is 310 g/mol. The molecule has 1 aromatic carbocycles. The number of rotatable bonds is 6. The molecule has 6 nitrogen and oxygen atoms in total. The second kappa shape index (κ2) is 6.99. The number of carboxylic acid groups (broad SMARTS) is 1. The second-order valence-corrected chi connectivity index (χ2v) is 4.89. The molecule has 2 aromatic rings. The third kappa shape index (κ3) is 4.12. The molecule has 1 aromatic heterocycles. The number of aromatic nitrogens is 1. The van der Waals surface area contributed by atoms with Crippen molar-refractivity contribution in [2.45, 2.75) is 25.8 Å². The number of amides is 1. The largest absolute Gasteiger partial charge is 0.480 e. The highest BCUT2D eigenvalue weighted by atomic mass is 19.3. The molecule has 0 saturated carbocycles. The van der Waals surface area contributed by atoms with Gasteiger partial charge in [-0.05, 0) is 6.92 Å². The number of carboxylic acids is 1. The minimum atomic E-state index is -2.86. The van der Waals surface area contributed by atoms with Crippen molar-refractivity contribution in [3.63, 3.8) is 0 Å². The van der Waals surface area contributed by atoms with Crippen LogP contribution in [-0.4, -0.2) is 34.4 Å². The van der Waals surface area contributed by atoms with E-state index in [2.05, 4.69) is 4.98 Å². The van der Waals surface area contributed by atoms with Crippen LogP contribution in [-0.2, 0) is 4.79 Å². The smallest absolute Gasteiger partial charge is 0.326 e. The van der Waals surface area contributed by atoms with Crippen molar-refractivity contribution in [2.24, 2.45) is 0 Å². The number of halogens is 2. The number of carbonyl (C=O) groups is 2. The van der Waals surface area contributed by atoms with Crippen LogP contribution in [0.2, 0.25) is 0 Å². The van der Waals surface area contributed by atoms with Gasteiger partial charge in [-0.2, -0.15) is 0 Å². The van der Waals surface area contributed by atoms with Gasteiger partial charge in [0.15, 0.2) is 17.8 Å². The molecule has 1 atom stereocenters. The Hall–Kier alpha value is -2.77. The molecule has 0 aliphatic carbocycles. The number of hydrogen-bond donors (Lipinski definition) is 2. The minimum absolute atomic E-state index is 0.142. The molecule has 0 aliphatic rings. The third-order valence-electron chi connectivity index (χ3n) is 3.11. The molecular formula is C15H14F2N2O4. The van der Waals surface area contributed by atoms with Crippen LogP contribution in [0.15, 0.2) is 35.1 Å². The van der Waals surface area contributed by atoms with Crippen LogP contribution >= 0.6 is 0 Å². The fourth-order valence-electron chi connectivity index (χ4n) is 1.94. The zero-order valence-electron chi connectivity index (χ0n) is 12.1. The third-order valence-corrected chi connectivity index (χ3v) is 3.11. The fraction of sp³-hybridized carbons (Fsp3) is 0.267. The summed E-state index contributed by atoms with van der Waals surface area (Å²) in [6.45, 7) is 1.89. The maximum absolute atomic E-state index is 12.4. The predicted molar refractivity (Wildman–Crippen MR) is 76.2 cm³/mol. The lowest BCUT2D eigenvalue weighted by Crippen LogP contribution is -2.42. The van der Waals surface area contributed by atoms with E-state index in [4.69, 9.17) is 9.52 Å². The van der Waals surface area contributed by atoms with Crippen LogP contribution in [0.5, 0.6) is 0 Å². The van der Waals surface area contributed by atoms with Crippen LogP contribution in [0, 0.1) is 6.92 Å². The van der Waals surface area contributed by atoms with E-state index in [9.17, 15) is 18.4 Å². The van der Waals surface area contributed by atoms with Gasteiger partial charge in [0.1, 0.15) is 6.04 Å². The molecule has 1 unspecified atom stereocenters. The zero-order chi connectivity index (χ0) is 17.0. The first-order valence-electron chi connectivity index (χ1n) is 6.71. The van der Waals surface area contributed by atoms with Gasteiger partial charge in [0, 0.05) is 12.0 Å². The topological polar surface area (TPSA) is 92.4 Å². The van der Waals surface area contributed by atoms with Gasteiger partial charge in [0.25, 0.3) is 5.91 Å². The first-order valence-corrected chi connectivity index (χ1v) is 6.71. The lowest BCUT2D eigenvalue weighted by atomic mass is 10.1. The van der Waals surface area contributed by atoms with Crippen LogP contribution in [0.1, 0.15) is 22.5 Å². The Morgan fingerprint density at radius 2 is 1.96 bits per heavy atom. The average Bonchev–Trinajstić information content (AvgIpc) is 2.96. The number of carbonyl (C=O) groups excluding carboxylic acids is 1. The Labute approximate surface area is 130 Å². The Morgan fingerprint density at radius 3 is 2.52 bits per heavy atom. The van der Waals surface area contributed by atoms with Gasteiger partial charge in [0.2, 0.25) is 6.43 Å². The van der Waals surface area contributed by atoms with Crippen molar-refractivity contribution < 1.29 is 27.9 Å². The van der Waals surface area contributed by atoms with Gasteiger partial charge in [0.05, 0.1) is 0 Å². The van der Waals surface area contributed by atoms with E-state index in [1.54, 1.807) is 24.3 Å². The van der Waals surface area contributed by atoms with E-state index in [1.165, 1.54) is 0 Å². The standard InChI is InChI=1S/C15H14F2N2O4/c1-8-2-4-9(5-3-8)13-12(18-7-23-13)14(20)19-10(15(21)22)6-11(16)17/h2-5,7,10-11H,6H2,1H3,(H,19,20)(H,21,22). The van der Waals surface area contributed by atoms with E-state index in [0.29, 0.717) is 5.56 Å². The molecule has 0 fully saturated rings. The summed E-state index contributed by atoms with van der Waals surface area (Å²) in [5, 5.41) is 10.9. The fourth-order valence-corrected chi connectivity index (χ4v) is 1.94. The van der Waals surface area contributed by atoms with Crippen LogP contribution in [0.3, 0.4) is 0 Å². The maximum Gasteiger partial charge on any atom is 0.326 e. The number of hydrogen-bond acceptors (Lipinski definition) is 4. The molecule has 0 aliphatic heterocycles. The SMILES string of the molecule is Cc1ccc(-c2ocnc2C(=O)NC(CC(F)F)C(=O)O)cc1. The number of oxazole rings is 1. The number of nitrogens with zero attached hydrogens (tertiary/aromatic N) is 1. The molecule has 0 spiro atoms. The van der Waals surface area contributed by atoms with Gasteiger partial charge in [-0.3, -0.25) is 4.79 Å². The molecule has 0 saturated heterocycles. The summed E-state index contributed by atoms with van der Waals surface area (Å²) in [4.78, 5) is 26.8. The first-order chi connectivity index (χ1) is 10.9. The Kier molecular flexibility index (Phi) is 5.05. The highest BCUT2D eigenvalue weighted by Gasteiger charge is 2.27. The highest BCUT2D eigenvalue weighted by Crippen LogP contribution is 2.23. The van der Waals surface area contributed by atoms with Crippen LogP contribution in [0.4, 0.5) is 8.78 Å². The van der Waals surface area contributed by atoms with Crippen molar-refractivity contribution in [3.8, 4) is 11.3 Å². The van der Waals surface area contributed by atoms with Gasteiger partial charge in [-0.25, -0.2) is 18.6 Å². The lowest BCUT2D eigenvalue weighted by molar-refractivity contribution is -0.140. The summed E-state index contributed by atoms with van der Waals surface area (Å²) >= 11 is 0. The Bertz CT molecular complexity index is 698. The number of benzene rings is 1. The Morgan fingerprint density at radius 1 is 1.30 bits per heavy atom. The molecule has 2 rings (SSSR count). The number of aryl methyl sites for hydroxylation is 1. The van der Waals surface area contributed by atoms with E-state index in [1.807, 2.05) is 12.2 Å². The summed E-state index contributed by atoms with van der Waals surface area (Å²) in [6, 6.07) is 5.32. The molecule has 0 bridgehead atoms. The summed E-state index contributed by atoms with van der Waals surface area (Å²) in [5.41, 5.74) is 1.41. The molecule has 2 N–H and O–H groups in total. The quantitative estimate of drug-likeness (QED) is 0.851. The van der Waals surface area contributed by atoms with E-state index < -0.39 is 30.8 Å². The van der Waals surface area contributed by atoms with Crippen LogP contribution in [0.25, 0.3) is 11.3 Å². The van der Waals surface area contributed by atoms with Gasteiger partial charge in [-0.15, -0.1) is 0 Å². The molecule has 122 valence electrons. The van der Waals surface area contributed by atoms with Crippen LogP contribution < -0.4 is 5.32 Å². The minimum Gasteiger partial charge on any atom is -0.480 e. The molecule has 1 amide bonds. The summed E-state index contributed by atoms with van der Waals surface area (Å²) in [6.07, 6.45) is -2.81. The van der Waals surface area contributed by atoms with Crippen molar-refractivity contribution in [1.82, 2.24) is 10.3 Å². The van der Waals surface area contributed by atoms with Crippen molar-refractivity contribution in [2.75, 3.05) is 0 Å². The van der Waals surface area contributed by atoms with Gasteiger partial charge < -0.3 is 14.8 Å². The summed E-state index contributed by atoms with van der Waals surface area (Å²) in [7, 11) is 0. The average molecular weight is 324 g/mol. The molecule has 0 radical (unpaired) electrons. The number of alkyl halides is 2. The number of aliphatic carboxylic acids is 1. The van der Waals surface area contributed by atoms with E-state index >= 15 is 0 Å². The zero-order valence-corrected chi connectivity index (χ0v) is 12.1. The molecule has 1 heterocycles. The van der Waals surface area contributed by atoms with E-state index in [-0.39, 0.29) is 11.5 Å².